The van der Waals surface area contributed by atoms with Crippen LogP contribution in [-0.4, -0.2) is 47.1 Å². The molecule has 0 spiro atoms. The summed E-state index contributed by atoms with van der Waals surface area (Å²) in [5.41, 5.74) is 0.743. The van der Waals surface area contributed by atoms with Crippen molar-refractivity contribution in [1.29, 1.82) is 0 Å². The van der Waals surface area contributed by atoms with Gasteiger partial charge in [0.2, 0.25) is 0 Å². The van der Waals surface area contributed by atoms with E-state index in [-0.39, 0.29) is 11.3 Å². The van der Waals surface area contributed by atoms with Crippen molar-refractivity contribution in [3.05, 3.63) is 68.2 Å². The first kappa shape index (κ1) is 19.4. The van der Waals surface area contributed by atoms with Crippen molar-refractivity contribution in [2.75, 3.05) is 26.3 Å². The number of thiocarbonyl (C=S) groups is 1. The van der Waals surface area contributed by atoms with E-state index in [1.54, 1.807) is 18.2 Å². The first-order valence-corrected chi connectivity index (χ1v) is 9.29. The molecule has 140 valence electrons. The second-order valence-corrected chi connectivity index (χ2v) is 7.04. The smallest absolute Gasteiger partial charge is 0.343 e. The highest BCUT2D eigenvalue weighted by molar-refractivity contribution is 9.10. The summed E-state index contributed by atoms with van der Waals surface area (Å²) in [6, 6.07) is 10.5. The lowest BCUT2D eigenvalue weighted by molar-refractivity contribution is -0.384. The molecule has 0 bridgehead atoms. The van der Waals surface area contributed by atoms with Crippen LogP contribution in [0.4, 0.5) is 5.69 Å². The molecule has 1 fully saturated rings. The number of nitrogens with zero attached hydrogens (tertiary/aromatic N) is 2. The van der Waals surface area contributed by atoms with Crippen LogP contribution in [0.3, 0.4) is 0 Å². The van der Waals surface area contributed by atoms with Gasteiger partial charge in [0.25, 0.3) is 5.69 Å². The normalized spacial score (nSPS) is 13.9. The predicted octanol–water partition coefficient (Wildman–Crippen LogP) is 3.58. The van der Waals surface area contributed by atoms with E-state index in [9.17, 15) is 14.9 Å². The Kier molecular flexibility index (Phi) is 6.15. The number of hydrogen-bond acceptors (Lipinski definition) is 6. The van der Waals surface area contributed by atoms with Crippen molar-refractivity contribution in [2.24, 2.45) is 0 Å². The molecule has 0 aromatic heterocycles. The van der Waals surface area contributed by atoms with Gasteiger partial charge in [0, 0.05) is 29.7 Å². The van der Waals surface area contributed by atoms with Crippen LogP contribution in [0.25, 0.3) is 0 Å². The van der Waals surface area contributed by atoms with E-state index in [2.05, 4.69) is 15.9 Å². The number of rotatable bonds is 4. The van der Waals surface area contributed by atoms with Crippen molar-refractivity contribution in [2.45, 2.75) is 0 Å². The largest absolute Gasteiger partial charge is 0.422 e. The maximum absolute atomic E-state index is 12.5. The van der Waals surface area contributed by atoms with E-state index < -0.39 is 10.9 Å². The standard InChI is InChI=1S/C18H15BrN2O5S/c19-13-3-6-16(15(11-13)17(27)20-7-9-25-10-8-20)26-18(22)12-1-4-14(5-2-12)21(23)24/h1-6,11H,7-10H2. The first-order chi connectivity index (χ1) is 13.0. The number of nitro benzene ring substituents is 1. The molecule has 3 rings (SSSR count). The summed E-state index contributed by atoms with van der Waals surface area (Å²) in [7, 11) is 0. The van der Waals surface area contributed by atoms with Crippen LogP contribution in [0.15, 0.2) is 46.9 Å². The van der Waals surface area contributed by atoms with Gasteiger partial charge in [-0.05, 0) is 30.3 Å². The molecule has 0 amide bonds. The van der Waals surface area contributed by atoms with E-state index in [0.717, 1.165) is 4.47 Å². The predicted molar refractivity (Wildman–Crippen MR) is 106 cm³/mol. The Labute approximate surface area is 169 Å². The molecule has 0 saturated carbocycles. The van der Waals surface area contributed by atoms with Crippen LogP contribution in [0.2, 0.25) is 0 Å². The molecule has 0 N–H and O–H groups in total. The van der Waals surface area contributed by atoms with Crippen LogP contribution >= 0.6 is 28.1 Å². The van der Waals surface area contributed by atoms with Gasteiger partial charge >= 0.3 is 5.97 Å². The highest BCUT2D eigenvalue weighted by atomic mass is 79.9. The quantitative estimate of drug-likeness (QED) is 0.231. The maximum atomic E-state index is 12.5. The molecule has 7 nitrogen and oxygen atoms in total. The Morgan fingerprint density at radius 1 is 1.19 bits per heavy atom. The van der Waals surface area contributed by atoms with Crippen LogP contribution in [0.5, 0.6) is 5.75 Å². The molecule has 0 unspecified atom stereocenters. The van der Waals surface area contributed by atoms with Gasteiger partial charge in [-0.2, -0.15) is 0 Å². The SMILES string of the molecule is O=C(Oc1ccc(Br)cc1C(=S)N1CCOCC1)c1ccc([N+](=O)[O-])cc1. The third-order valence-electron chi connectivity index (χ3n) is 3.99. The van der Waals surface area contributed by atoms with Gasteiger partial charge in [-0.15, -0.1) is 0 Å². The fourth-order valence-corrected chi connectivity index (χ4v) is 3.28. The molecule has 0 radical (unpaired) electrons. The minimum Gasteiger partial charge on any atom is -0.422 e. The maximum Gasteiger partial charge on any atom is 0.343 e. The van der Waals surface area contributed by atoms with Gasteiger partial charge in [0.1, 0.15) is 10.7 Å². The number of carbonyl (C=O) groups excluding carboxylic acids is 1. The number of benzene rings is 2. The van der Waals surface area contributed by atoms with Gasteiger partial charge in [0.05, 0.1) is 29.3 Å². The summed E-state index contributed by atoms with van der Waals surface area (Å²) in [6.45, 7) is 2.51. The highest BCUT2D eigenvalue weighted by Crippen LogP contribution is 2.27. The highest BCUT2D eigenvalue weighted by Gasteiger charge is 2.21. The monoisotopic (exact) mass is 450 g/mol. The van der Waals surface area contributed by atoms with Gasteiger partial charge in [-0.3, -0.25) is 10.1 Å². The Bertz CT molecular complexity index is 882. The van der Waals surface area contributed by atoms with Gasteiger partial charge < -0.3 is 14.4 Å². The van der Waals surface area contributed by atoms with E-state index in [1.807, 2.05) is 4.90 Å². The molecule has 1 heterocycles. The summed E-state index contributed by atoms with van der Waals surface area (Å²) in [5, 5.41) is 10.7. The molecular weight excluding hydrogens is 436 g/mol. The fraction of sp³-hybridized carbons (Fsp3) is 0.222. The molecule has 1 aliphatic heterocycles. The lowest BCUT2D eigenvalue weighted by Gasteiger charge is -2.29. The summed E-state index contributed by atoms with van der Waals surface area (Å²) in [5.74, 6) is -0.281. The number of non-ortho nitro benzene ring substituents is 1. The summed E-state index contributed by atoms with van der Waals surface area (Å²) in [4.78, 5) is 25.2. The van der Waals surface area contributed by atoms with Crippen molar-refractivity contribution in [3.63, 3.8) is 0 Å². The zero-order valence-corrected chi connectivity index (χ0v) is 16.5. The second kappa shape index (κ2) is 8.55. The number of halogens is 1. The van der Waals surface area contributed by atoms with Crippen LogP contribution in [-0.2, 0) is 4.74 Å². The number of morpholine rings is 1. The van der Waals surface area contributed by atoms with Crippen molar-refractivity contribution >= 4 is 44.8 Å². The molecule has 1 aliphatic rings. The van der Waals surface area contributed by atoms with E-state index >= 15 is 0 Å². The summed E-state index contributed by atoms with van der Waals surface area (Å²) in [6.07, 6.45) is 0. The number of hydrogen-bond donors (Lipinski definition) is 0. The average molecular weight is 451 g/mol. The third kappa shape index (κ3) is 4.68. The third-order valence-corrected chi connectivity index (χ3v) is 4.96. The summed E-state index contributed by atoms with van der Waals surface area (Å²) >= 11 is 9.00. The lowest BCUT2D eigenvalue weighted by Crippen LogP contribution is -2.40. The Morgan fingerprint density at radius 2 is 1.85 bits per heavy atom. The Balaban J connectivity index is 1.82. The van der Waals surface area contributed by atoms with E-state index in [4.69, 9.17) is 21.7 Å². The summed E-state index contributed by atoms with van der Waals surface area (Å²) < 4.78 is 11.7. The van der Waals surface area contributed by atoms with Gasteiger partial charge in [-0.25, -0.2) is 4.79 Å². The lowest BCUT2D eigenvalue weighted by atomic mass is 10.1. The number of nitro groups is 1. The molecule has 2 aromatic carbocycles. The van der Waals surface area contributed by atoms with Crippen LogP contribution in [0.1, 0.15) is 15.9 Å². The molecule has 0 aliphatic carbocycles. The topological polar surface area (TPSA) is 81.9 Å². The van der Waals surface area contributed by atoms with Crippen molar-refractivity contribution in [3.8, 4) is 5.75 Å². The molecule has 0 atom stereocenters. The fourth-order valence-electron chi connectivity index (χ4n) is 2.57. The number of ether oxygens (including phenoxy) is 2. The zero-order valence-electron chi connectivity index (χ0n) is 14.1. The molecule has 27 heavy (non-hydrogen) atoms. The Hall–Kier alpha value is -2.36. The van der Waals surface area contributed by atoms with Gasteiger partial charge in [-0.1, -0.05) is 28.1 Å². The minimum atomic E-state index is -0.613. The molecule has 2 aromatic rings. The van der Waals surface area contributed by atoms with Gasteiger partial charge in [0.15, 0.2) is 0 Å². The molecule has 1 saturated heterocycles. The minimum absolute atomic E-state index is 0.0932. The zero-order chi connectivity index (χ0) is 19.4. The molecule has 9 heteroatoms. The number of carbonyl (C=O) groups is 1. The first-order valence-electron chi connectivity index (χ1n) is 8.09. The van der Waals surface area contributed by atoms with Crippen LogP contribution in [0, 0.1) is 10.1 Å². The van der Waals surface area contributed by atoms with E-state index in [1.165, 1.54) is 24.3 Å². The Morgan fingerprint density at radius 3 is 2.48 bits per heavy atom. The van der Waals surface area contributed by atoms with Crippen molar-refractivity contribution in [1.82, 2.24) is 4.90 Å². The molecular formula is C18H15BrN2O5S. The van der Waals surface area contributed by atoms with Crippen molar-refractivity contribution < 1.29 is 19.2 Å². The number of esters is 1. The second-order valence-electron chi connectivity index (χ2n) is 5.74. The van der Waals surface area contributed by atoms with Crippen LogP contribution < -0.4 is 4.74 Å². The average Bonchev–Trinajstić information content (AvgIpc) is 2.69. The van der Waals surface area contributed by atoms with E-state index in [0.29, 0.717) is 42.6 Å².